The van der Waals surface area contributed by atoms with E-state index in [0.29, 0.717) is 11.8 Å². The van der Waals surface area contributed by atoms with E-state index in [-0.39, 0.29) is 0 Å². The van der Waals surface area contributed by atoms with Gasteiger partial charge in [0.05, 0.1) is 11.9 Å². The third-order valence-electron chi connectivity index (χ3n) is 5.04. The van der Waals surface area contributed by atoms with Crippen molar-refractivity contribution in [2.24, 2.45) is 5.92 Å². The van der Waals surface area contributed by atoms with Crippen LogP contribution in [-0.4, -0.2) is 51.4 Å². The Balaban J connectivity index is 1.41. The Morgan fingerprint density at radius 1 is 1.16 bits per heavy atom. The Morgan fingerprint density at radius 3 is 2.72 bits per heavy atom. The minimum absolute atomic E-state index is 0.300. The van der Waals surface area contributed by atoms with Crippen LogP contribution in [-0.2, 0) is 4.79 Å². The molecule has 128 valence electrons. The van der Waals surface area contributed by atoms with E-state index in [0.717, 1.165) is 56.2 Å². The van der Waals surface area contributed by atoms with E-state index in [1.54, 1.807) is 11.3 Å². The van der Waals surface area contributed by atoms with Crippen LogP contribution in [0.3, 0.4) is 0 Å². The molecule has 6 nitrogen and oxygen atoms in total. The number of thiophene rings is 1. The Kier molecular flexibility index (Phi) is 3.48. The zero-order chi connectivity index (χ0) is 16.8. The highest BCUT2D eigenvalue weighted by atomic mass is 32.1. The van der Waals surface area contributed by atoms with Crippen LogP contribution in [0.15, 0.2) is 35.4 Å². The number of anilines is 1. The average Bonchev–Trinajstić information content (AvgIpc) is 3.18. The second-order valence-corrected chi connectivity index (χ2v) is 7.47. The lowest BCUT2D eigenvalue weighted by Gasteiger charge is -2.35. The van der Waals surface area contributed by atoms with Crippen molar-refractivity contribution in [3.05, 3.63) is 35.4 Å². The molecule has 4 heterocycles. The van der Waals surface area contributed by atoms with Gasteiger partial charge in [-0.05, 0) is 24.3 Å². The molecule has 1 aliphatic carbocycles. The SMILES string of the molecule is O=C(C1CC1)N1CCN(c2nccn3c(-c4ccsc4)cnc23)CC1. The lowest BCUT2D eigenvalue weighted by molar-refractivity contribution is -0.132. The molecule has 0 N–H and O–H groups in total. The summed E-state index contributed by atoms with van der Waals surface area (Å²) in [6.07, 6.45) is 7.85. The zero-order valence-corrected chi connectivity index (χ0v) is 14.7. The highest BCUT2D eigenvalue weighted by molar-refractivity contribution is 7.08. The van der Waals surface area contributed by atoms with Gasteiger partial charge in [-0.2, -0.15) is 11.3 Å². The quantitative estimate of drug-likeness (QED) is 0.726. The Hall–Kier alpha value is -2.41. The van der Waals surface area contributed by atoms with Gasteiger partial charge in [0.25, 0.3) is 0 Å². The number of carbonyl (C=O) groups is 1. The minimum atomic E-state index is 0.300. The zero-order valence-electron chi connectivity index (χ0n) is 13.8. The van der Waals surface area contributed by atoms with Gasteiger partial charge in [-0.15, -0.1) is 0 Å². The topological polar surface area (TPSA) is 53.7 Å². The van der Waals surface area contributed by atoms with Crippen molar-refractivity contribution >= 4 is 28.7 Å². The average molecular weight is 353 g/mol. The highest BCUT2D eigenvalue weighted by Gasteiger charge is 2.35. The number of hydrogen-bond acceptors (Lipinski definition) is 5. The van der Waals surface area contributed by atoms with Crippen LogP contribution in [0.2, 0.25) is 0 Å². The lowest BCUT2D eigenvalue weighted by atomic mass is 10.2. The lowest BCUT2D eigenvalue weighted by Crippen LogP contribution is -2.49. The summed E-state index contributed by atoms with van der Waals surface area (Å²) in [7, 11) is 0. The number of amides is 1. The first-order valence-corrected chi connectivity index (χ1v) is 9.64. The van der Waals surface area contributed by atoms with Gasteiger partial charge in [0, 0.05) is 55.4 Å². The summed E-state index contributed by atoms with van der Waals surface area (Å²) in [5.74, 6) is 1.54. The van der Waals surface area contributed by atoms with Gasteiger partial charge in [0.2, 0.25) is 5.91 Å². The fraction of sp³-hybridized carbons (Fsp3) is 0.389. The molecule has 0 bridgehead atoms. The highest BCUT2D eigenvalue weighted by Crippen LogP contribution is 2.32. The van der Waals surface area contributed by atoms with Crippen molar-refractivity contribution in [1.82, 2.24) is 19.3 Å². The number of rotatable bonds is 3. The Bertz CT molecular complexity index is 907. The van der Waals surface area contributed by atoms with Crippen molar-refractivity contribution in [3.63, 3.8) is 0 Å². The van der Waals surface area contributed by atoms with Crippen molar-refractivity contribution in [1.29, 1.82) is 0 Å². The van der Waals surface area contributed by atoms with Gasteiger partial charge in [0.1, 0.15) is 0 Å². The number of piperazine rings is 1. The molecule has 2 aliphatic rings. The van der Waals surface area contributed by atoms with E-state index in [1.165, 1.54) is 5.56 Å². The predicted octanol–water partition coefficient (Wildman–Crippen LogP) is 2.52. The van der Waals surface area contributed by atoms with E-state index in [2.05, 4.69) is 36.1 Å². The maximum absolute atomic E-state index is 12.2. The number of aromatic nitrogens is 3. The summed E-state index contributed by atoms with van der Waals surface area (Å²) >= 11 is 1.68. The summed E-state index contributed by atoms with van der Waals surface area (Å²) in [4.78, 5) is 25.7. The van der Waals surface area contributed by atoms with Crippen LogP contribution in [0.5, 0.6) is 0 Å². The molecule has 1 saturated carbocycles. The number of carbonyl (C=O) groups excluding carboxylic acids is 1. The van der Waals surface area contributed by atoms with Crippen molar-refractivity contribution in [2.75, 3.05) is 31.1 Å². The molecule has 5 rings (SSSR count). The summed E-state index contributed by atoms with van der Waals surface area (Å²) in [5, 5.41) is 4.21. The Labute approximate surface area is 149 Å². The third kappa shape index (κ3) is 2.59. The van der Waals surface area contributed by atoms with Crippen LogP contribution in [0.25, 0.3) is 16.9 Å². The first-order chi connectivity index (χ1) is 12.3. The van der Waals surface area contributed by atoms with Crippen LogP contribution >= 0.6 is 11.3 Å². The molecule has 1 saturated heterocycles. The standard InChI is InChI=1S/C18H19N5OS/c24-18(13-1-2-13)22-8-6-21(7-9-22)16-17-20-11-15(14-3-10-25-12-14)23(17)5-4-19-16/h3-5,10-13H,1-2,6-9H2. The molecule has 25 heavy (non-hydrogen) atoms. The number of hydrogen-bond donors (Lipinski definition) is 0. The van der Waals surface area contributed by atoms with E-state index in [1.807, 2.05) is 23.5 Å². The van der Waals surface area contributed by atoms with Crippen LogP contribution in [0.1, 0.15) is 12.8 Å². The molecular weight excluding hydrogens is 334 g/mol. The normalized spacial score (nSPS) is 18.1. The second-order valence-electron chi connectivity index (χ2n) is 6.69. The van der Waals surface area contributed by atoms with Crippen molar-refractivity contribution < 1.29 is 4.79 Å². The summed E-state index contributed by atoms with van der Waals surface area (Å²) in [6, 6.07) is 2.11. The molecule has 1 amide bonds. The van der Waals surface area contributed by atoms with Crippen LogP contribution in [0.4, 0.5) is 5.82 Å². The summed E-state index contributed by atoms with van der Waals surface area (Å²) < 4.78 is 2.10. The second kappa shape index (κ2) is 5.84. The molecule has 2 fully saturated rings. The van der Waals surface area contributed by atoms with Gasteiger partial charge >= 0.3 is 0 Å². The summed E-state index contributed by atoms with van der Waals surface area (Å²) in [5.41, 5.74) is 3.14. The number of imidazole rings is 1. The monoisotopic (exact) mass is 353 g/mol. The van der Waals surface area contributed by atoms with Gasteiger partial charge in [-0.3, -0.25) is 9.20 Å². The van der Waals surface area contributed by atoms with Gasteiger partial charge in [-0.1, -0.05) is 0 Å². The predicted molar refractivity (Wildman–Crippen MR) is 97.8 cm³/mol. The first-order valence-electron chi connectivity index (χ1n) is 8.69. The minimum Gasteiger partial charge on any atom is -0.350 e. The first kappa shape index (κ1) is 14.9. The molecule has 0 atom stereocenters. The van der Waals surface area contributed by atoms with Gasteiger partial charge in [-0.25, -0.2) is 9.97 Å². The van der Waals surface area contributed by atoms with Gasteiger partial charge in [0.15, 0.2) is 11.5 Å². The third-order valence-corrected chi connectivity index (χ3v) is 5.73. The van der Waals surface area contributed by atoms with Gasteiger partial charge < -0.3 is 9.80 Å². The smallest absolute Gasteiger partial charge is 0.225 e. The Morgan fingerprint density at radius 2 is 2.00 bits per heavy atom. The summed E-state index contributed by atoms with van der Waals surface area (Å²) in [6.45, 7) is 3.17. The van der Waals surface area contributed by atoms with Crippen LogP contribution in [0, 0.1) is 5.92 Å². The largest absolute Gasteiger partial charge is 0.350 e. The molecule has 3 aromatic rings. The number of nitrogens with zero attached hydrogens (tertiary/aromatic N) is 5. The maximum atomic E-state index is 12.2. The molecule has 1 aliphatic heterocycles. The van der Waals surface area contributed by atoms with Crippen molar-refractivity contribution in [3.8, 4) is 11.3 Å². The molecule has 7 heteroatoms. The van der Waals surface area contributed by atoms with E-state index in [4.69, 9.17) is 0 Å². The van der Waals surface area contributed by atoms with E-state index < -0.39 is 0 Å². The number of fused-ring (bicyclic) bond motifs is 1. The molecule has 3 aromatic heterocycles. The fourth-order valence-electron chi connectivity index (χ4n) is 3.48. The fourth-order valence-corrected chi connectivity index (χ4v) is 4.13. The maximum Gasteiger partial charge on any atom is 0.225 e. The molecule has 0 radical (unpaired) electrons. The van der Waals surface area contributed by atoms with Crippen molar-refractivity contribution in [2.45, 2.75) is 12.8 Å². The van der Waals surface area contributed by atoms with E-state index >= 15 is 0 Å². The van der Waals surface area contributed by atoms with E-state index in [9.17, 15) is 4.79 Å². The molecule has 0 spiro atoms. The molecule has 0 unspecified atom stereocenters. The van der Waals surface area contributed by atoms with Crippen LogP contribution < -0.4 is 4.90 Å². The molecule has 0 aromatic carbocycles. The molecular formula is C18H19N5OS.